The molecule has 0 amide bonds. The van der Waals surface area contributed by atoms with Crippen LogP contribution in [0.2, 0.25) is 0 Å². The number of aromatic nitrogens is 2. The lowest BCUT2D eigenvalue weighted by molar-refractivity contribution is 0.505. The summed E-state index contributed by atoms with van der Waals surface area (Å²) in [6.45, 7) is 0.661. The third-order valence-electron chi connectivity index (χ3n) is 2.22. The molecule has 1 aromatic heterocycles. The van der Waals surface area contributed by atoms with E-state index in [4.69, 9.17) is 0 Å². The molecule has 0 aliphatic heterocycles. The van der Waals surface area contributed by atoms with Crippen LogP contribution in [0.25, 0.3) is 0 Å². The molecule has 0 bridgehead atoms. The van der Waals surface area contributed by atoms with Gasteiger partial charge in [-0.15, -0.1) is 0 Å². The molecule has 0 fully saturated rings. The van der Waals surface area contributed by atoms with E-state index in [1.807, 2.05) is 6.20 Å². The van der Waals surface area contributed by atoms with Crippen molar-refractivity contribution in [1.82, 2.24) is 9.78 Å². The summed E-state index contributed by atoms with van der Waals surface area (Å²) in [6.07, 6.45) is 4.29. The summed E-state index contributed by atoms with van der Waals surface area (Å²) in [7, 11) is 0. The van der Waals surface area contributed by atoms with E-state index >= 15 is 0 Å². The molecular weight excluding hydrogens is 325 g/mol. The van der Waals surface area contributed by atoms with Crippen LogP contribution < -0.4 is 0 Å². The third kappa shape index (κ3) is 2.78. The van der Waals surface area contributed by atoms with E-state index in [9.17, 15) is 8.78 Å². The average Bonchev–Trinajstić information content (AvgIpc) is 2.66. The fourth-order valence-electron chi connectivity index (χ4n) is 1.40. The van der Waals surface area contributed by atoms with Crippen LogP contribution >= 0.6 is 22.6 Å². The van der Waals surface area contributed by atoms with E-state index in [0.29, 0.717) is 13.0 Å². The van der Waals surface area contributed by atoms with Crippen LogP contribution in [-0.4, -0.2) is 9.78 Å². The Morgan fingerprint density at radius 3 is 2.69 bits per heavy atom. The van der Waals surface area contributed by atoms with E-state index in [1.165, 1.54) is 6.07 Å². The minimum Gasteiger partial charge on any atom is -0.271 e. The first-order chi connectivity index (χ1) is 7.65. The molecule has 1 aromatic carbocycles. The Morgan fingerprint density at radius 1 is 1.25 bits per heavy atom. The first kappa shape index (κ1) is 11.5. The van der Waals surface area contributed by atoms with Crippen LogP contribution in [0.15, 0.2) is 30.6 Å². The van der Waals surface area contributed by atoms with Gasteiger partial charge in [0.1, 0.15) is 0 Å². The van der Waals surface area contributed by atoms with Crippen LogP contribution in [0.5, 0.6) is 0 Å². The van der Waals surface area contributed by atoms with Gasteiger partial charge < -0.3 is 0 Å². The van der Waals surface area contributed by atoms with Crippen molar-refractivity contribution in [3.05, 3.63) is 51.4 Å². The van der Waals surface area contributed by atoms with Crippen molar-refractivity contribution in [2.24, 2.45) is 0 Å². The fourth-order valence-corrected chi connectivity index (χ4v) is 1.85. The van der Waals surface area contributed by atoms with Gasteiger partial charge in [0.15, 0.2) is 11.6 Å². The molecule has 5 heteroatoms. The predicted molar refractivity (Wildman–Crippen MR) is 65.0 cm³/mol. The summed E-state index contributed by atoms with van der Waals surface area (Å²) in [6, 6.07) is 3.97. The number of rotatable bonds is 3. The summed E-state index contributed by atoms with van der Waals surface area (Å²) < 4.78 is 28.4. The van der Waals surface area contributed by atoms with Crippen LogP contribution in [0.1, 0.15) is 5.56 Å². The lowest BCUT2D eigenvalue weighted by Gasteiger charge is -2.02. The Labute approximate surface area is 105 Å². The van der Waals surface area contributed by atoms with Gasteiger partial charge in [-0.05, 0) is 46.7 Å². The maximum absolute atomic E-state index is 12.9. The standard InChI is InChI=1S/C11H9F2IN2/c12-10-2-1-8(5-11(10)13)3-4-16-7-9(14)6-15-16/h1-2,5-7H,3-4H2. The summed E-state index contributed by atoms with van der Waals surface area (Å²) in [5.74, 6) is -1.61. The second-order valence-electron chi connectivity index (χ2n) is 3.42. The van der Waals surface area contributed by atoms with Crippen LogP contribution in [-0.2, 0) is 13.0 Å². The number of benzene rings is 1. The van der Waals surface area contributed by atoms with Crippen molar-refractivity contribution < 1.29 is 8.78 Å². The zero-order valence-corrected chi connectivity index (χ0v) is 10.5. The highest BCUT2D eigenvalue weighted by Crippen LogP contribution is 2.10. The average molecular weight is 334 g/mol. The Balaban J connectivity index is 2.02. The second-order valence-corrected chi connectivity index (χ2v) is 4.67. The van der Waals surface area contributed by atoms with Gasteiger partial charge in [-0.25, -0.2) is 8.78 Å². The Morgan fingerprint density at radius 2 is 2.06 bits per heavy atom. The van der Waals surface area contributed by atoms with E-state index < -0.39 is 11.6 Å². The number of nitrogens with zero attached hydrogens (tertiary/aromatic N) is 2. The SMILES string of the molecule is Fc1ccc(CCn2cc(I)cn2)cc1F. The lowest BCUT2D eigenvalue weighted by atomic mass is 10.1. The molecule has 84 valence electrons. The molecule has 16 heavy (non-hydrogen) atoms. The molecule has 0 aliphatic rings. The highest BCUT2D eigenvalue weighted by molar-refractivity contribution is 14.1. The zero-order chi connectivity index (χ0) is 11.5. The molecule has 0 saturated heterocycles. The van der Waals surface area contributed by atoms with Crippen LogP contribution in [0.3, 0.4) is 0 Å². The fraction of sp³-hybridized carbons (Fsp3) is 0.182. The number of hydrogen-bond acceptors (Lipinski definition) is 1. The summed E-state index contributed by atoms with van der Waals surface area (Å²) in [4.78, 5) is 0. The molecule has 0 radical (unpaired) electrons. The van der Waals surface area contributed by atoms with E-state index in [2.05, 4.69) is 27.7 Å². The molecule has 0 spiro atoms. The topological polar surface area (TPSA) is 17.8 Å². The van der Waals surface area contributed by atoms with Gasteiger partial charge in [0.2, 0.25) is 0 Å². The van der Waals surface area contributed by atoms with Crippen molar-refractivity contribution in [2.45, 2.75) is 13.0 Å². The molecule has 2 aromatic rings. The minimum absolute atomic E-state index is 0.634. The summed E-state index contributed by atoms with van der Waals surface area (Å²) in [5.41, 5.74) is 0.768. The smallest absolute Gasteiger partial charge is 0.159 e. The maximum atomic E-state index is 12.9. The number of aryl methyl sites for hydroxylation is 2. The molecule has 1 heterocycles. The van der Waals surface area contributed by atoms with Crippen molar-refractivity contribution >= 4 is 22.6 Å². The molecule has 0 aliphatic carbocycles. The third-order valence-corrected chi connectivity index (χ3v) is 2.77. The molecule has 0 saturated carbocycles. The van der Waals surface area contributed by atoms with Gasteiger partial charge in [-0.2, -0.15) is 5.10 Å². The maximum Gasteiger partial charge on any atom is 0.159 e. The van der Waals surface area contributed by atoms with Crippen LogP contribution in [0.4, 0.5) is 8.78 Å². The van der Waals surface area contributed by atoms with Gasteiger partial charge >= 0.3 is 0 Å². The van der Waals surface area contributed by atoms with Gasteiger partial charge in [-0.1, -0.05) is 6.07 Å². The van der Waals surface area contributed by atoms with Crippen molar-refractivity contribution in [2.75, 3.05) is 0 Å². The predicted octanol–water partition coefficient (Wildman–Crippen LogP) is 3.01. The van der Waals surface area contributed by atoms with E-state index in [1.54, 1.807) is 16.9 Å². The number of halogens is 3. The first-order valence-electron chi connectivity index (χ1n) is 4.77. The normalized spacial score (nSPS) is 10.7. The zero-order valence-electron chi connectivity index (χ0n) is 8.33. The summed E-state index contributed by atoms with van der Waals surface area (Å²) in [5, 5.41) is 4.11. The highest BCUT2D eigenvalue weighted by atomic mass is 127. The minimum atomic E-state index is -0.808. The Hall–Kier alpha value is -0.980. The quantitative estimate of drug-likeness (QED) is 0.789. The van der Waals surface area contributed by atoms with Crippen LogP contribution in [0, 0.1) is 15.2 Å². The molecule has 0 N–H and O–H groups in total. The molecule has 0 unspecified atom stereocenters. The van der Waals surface area contributed by atoms with E-state index in [0.717, 1.165) is 15.2 Å². The molecular formula is C11H9F2IN2. The van der Waals surface area contributed by atoms with Crippen molar-refractivity contribution in [1.29, 1.82) is 0 Å². The Bertz CT molecular complexity index is 496. The monoisotopic (exact) mass is 334 g/mol. The van der Waals surface area contributed by atoms with Crippen molar-refractivity contribution in [3.63, 3.8) is 0 Å². The second kappa shape index (κ2) is 4.90. The first-order valence-corrected chi connectivity index (χ1v) is 5.85. The van der Waals surface area contributed by atoms with Gasteiger partial charge in [0, 0.05) is 12.7 Å². The van der Waals surface area contributed by atoms with Crippen molar-refractivity contribution in [3.8, 4) is 0 Å². The van der Waals surface area contributed by atoms with Gasteiger partial charge in [-0.3, -0.25) is 4.68 Å². The molecule has 2 nitrogen and oxygen atoms in total. The largest absolute Gasteiger partial charge is 0.271 e. The summed E-state index contributed by atoms with van der Waals surface area (Å²) >= 11 is 2.17. The molecule has 0 atom stereocenters. The van der Waals surface area contributed by atoms with Gasteiger partial charge in [0.25, 0.3) is 0 Å². The highest BCUT2D eigenvalue weighted by Gasteiger charge is 2.03. The number of hydrogen-bond donors (Lipinski definition) is 0. The van der Waals surface area contributed by atoms with Gasteiger partial charge in [0.05, 0.1) is 9.77 Å². The molecule has 2 rings (SSSR count). The lowest BCUT2D eigenvalue weighted by Crippen LogP contribution is -2.02. The van der Waals surface area contributed by atoms with E-state index in [-0.39, 0.29) is 0 Å². The Kier molecular flexibility index (Phi) is 3.52.